The second-order valence-corrected chi connectivity index (χ2v) is 5.66. The number of carbonyl (C=O) groups is 1. The number of rotatable bonds is 1. The smallest absolute Gasteiger partial charge is 0.348 e. The summed E-state index contributed by atoms with van der Waals surface area (Å²) in [5.41, 5.74) is 8.63. The van der Waals surface area contributed by atoms with Gasteiger partial charge in [0.2, 0.25) is 0 Å². The molecule has 2 heterocycles. The lowest BCUT2D eigenvalue weighted by atomic mass is 10.1. The van der Waals surface area contributed by atoms with Crippen LogP contribution in [0, 0.1) is 0 Å². The maximum absolute atomic E-state index is 11.1. The van der Waals surface area contributed by atoms with Crippen molar-refractivity contribution in [1.82, 2.24) is 4.98 Å². The molecule has 0 amide bonds. The van der Waals surface area contributed by atoms with Crippen LogP contribution in [0.1, 0.15) is 40.2 Å². The summed E-state index contributed by atoms with van der Waals surface area (Å²) in [6.45, 7) is 0. The van der Waals surface area contributed by atoms with Gasteiger partial charge in [0, 0.05) is 11.1 Å². The molecule has 94 valence electrons. The van der Waals surface area contributed by atoms with E-state index in [9.17, 15) is 4.79 Å². The number of hydrogen-bond donors (Lipinski definition) is 2. The molecule has 3 N–H and O–H groups in total. The Morgan fingerprint density at radius 3 is 2.89 bits per heavy atom. The fraction of sp³-hybridized carbons (Fsp3) is 0.385. The van der Waals surface area contributed by atoms with Gasteiger partial charge in [-0.3, -0.25) is 0 Å². The first-order valence-electron chi connectivity index (χ1n) is 6.11. The molecule has 2 aromatic rings. The maximum atomic E-state index is 11.1. The van der Waals surface area contributed by atoms with Crippen LogP contribution in [0.4, 0.5) is 5.69 Å². The first-order valence-corrected chi connectivity index (χ1v) is 6.92. The monoisotopic (exact) mass is 262 g/mol. The molecule has 0 aliphatic heterocycles. The van der Waals surface area contributed by atoms with E-state index in [0.717, 1.165) is 35.2 Å². The average molecular weight is 262 g/mol. The van der Waals surface area contributed by atoms with E-state index in [0.29, 0.717) is 5.69 Å². The molecule has 0 fully saturated rings. The van der Waals surface area contributed by atoms with Gasteiger partial charge >= 0.3 is 5.97 Å². The van der Waals surface area contributed by atoms with Gasteiger partial charge in [0.1, 0.15) is 9.71 Å². The Bertz CT molecular complexity index is 633. The minimum atomic E-state index is -0.967. The quantitative estimate of drug-likeness (QED) is 0.775. The van der Waals surface area contributed by atoms with Gasteiger partial charge in [0.15, 0.2) is 0 Å². The zero-order chi connectivity index (χ0) is 12.7. The van der Waals surface area contributed by atoms with Gasteiger partial charge in [0.25, 0.3) is 0 Å². The third-order valence-corrected chi connectivity index (χ3v) is 4.55. The number of nitrogens with zero attached hydrogens (tertiary/aromatic N) is 1. The number of nitrogens with two attached hydrogens (primary N) is 1. The molecule has 2 aromatic heterocycles. The summed E-state index contributed by atoms with van der Waals surface area (Å²) < 4.78 is 0. The van der Waals surface area contributed by atoms with Crippen LogP contribution in [-0.4, -0.2) is 16.1 Å². The molecule has 0 unspecified atom stereocenters. The lowest BCUT2D eigenvalue weighted by Crippen LogP contribution is -1.98. The molecular formula is C13H14N2O2S. The number of thiophene rings is 1. The Morgan fingerprint density at radius 1 is 1.33 bits per heavy atom. The third kappa shape index (κ3) is 1.75. The highest BCUT2D eigenvalue weighted by Crippen LogP contribution is 2.35. The van der Waals surface area contributed by atoms with E-state index in [-0.39, 0.29) is 4.88 Å². The lowest BCUT2D eigenvalue weighted by molar-refractivity contribution is 0.0703. The van der Waals surface area contributed by atoms with Gasteiger partial charge in [-0.2, -0.15) is 0 Å². The van der Waals surface area contributed by atoms with Crippen LogP contribution in [0.5, 0.6) is 0 Å². The normalized spacial score (nSPS) is 15.3. The first kappa shape index (κ1) is 11.5. The van der Waals surface area contributed by atoms with Gasteiger partial charge in [-0.05, 0) is 37.3 Å². The van der Waals surface area contributed by atoms with E-state index >= 15 is 0 Å². The SMILES string of the molecule is Nc1c(C(=O)O)sc2nc3c(cc12)CCCCC3. The minimum absolute atomic E-state index is 0.206. The second-order valence-electron chi connectivity index (χ2n) is 4.66. The number of carboxylic acid groups (broad SMARTS) is 1. The fourth-order valence-electron chi connectivity index (χ4n) is 2.50. The van der Waals surface area contributed by atoms with Crippen LogP contribution < -0.4 is 5.73 Å². The van der Waals surface area contributed by atoms with Crippen LogP contribution in [0.2, 0.25) is 0 Å². The van der Waals surface area contributed by atoms with Gasteiger partial charge in [-0.25, -0.2) is 9.78 Å². The average Bonchev–Trinajstić information content (AvgIpc) is 2.53. The summed E-state index contributed by atoms with van der Waals surface area (Å²) in [4.78, 5) is 16.6. The summed E-state index contributed by atoms with van der Waals surface area (Å²) in [7, 11) is 0. The van der Waals surface area contributed by atoms with E-state index in [2.05, 4.69) is 4.98 Å². The summed E-state index contributed by atoms with van der Waals surface area (Å²) in [5.74, 6) is -0.967. The number of aryl methyl sites for hydroxylation is 2. The van der Waals surface area contributed by atoms with Crippen LogP contribution >= 0.6 is 11.3 Å². The Morgan fingerprint density at radius 2 is 2.11 bits per heavy atom. The molecule has 0 atom stereocenters. The molecule has 4 nitrogen and oxygen atoms in total. The summed E-state index contributed by atoms with van der Waals surface area (Å²) >= 11 is 1.18. The molecule has 0 aromatic carbocycles. The first-order chi connectivity index (χ1) is 8.66. The van der Waals surface area contributed by atoms with Crippen LogP contribution in [0.25, 0.3) is 10.2 Å². The number of aromatic nitrogens is 1. The van der Waals surface area contributed by atoms with Crippen molar-refractivity contribution in [3.05, 3.63) is 22.2 Å². The molecule has 1 aliphatic rings. The zero-order valence-corrected chi connectivity index (χ0v) is 10.7. The zero-order valence-electron chi connectivity index (χ0n) is 9.90. The topological polar surface area (TPSA) is 76.2 Å². The van der Waals surface area contributed by atoms with Gasteiger partial charge in [-0.15, -0.1) is 11.3 Å². The van der Waals surface area contributed by atoms with Crippen molar-refractivity contribution >= 4 is 33.2 Å². The van der Waals surface area contributed by atoms with Crippen molar-refractivity contribution in [3.63, 3.8) is 0 Å². The number of carboxylic acids is 1. The van der Waals surface area contributed by atoms with Crippen LogP contribution in [-0.2, 0) is 12.8 Å². The molecule has 0 saturated carbocycles. The molecule has 0 radical (unpaired) electrons. The number of pyridine rings is 1. The molecule has 5 heteroatoms. The molecule has 0 spiro atoms. The molecule has 3 rings (SSSR count). The van der Waals surface area contributed by atoms with E-state index in [1.807, 2.05) is 6.07 Å². The Kier molecular flexibility index (Phi) is 2.70. The maximum Gasteiger partial charge on any atom is 0.348 e. The van der Waals surface area contributed by atoms with Crippen molar-refractivity contribution in [1.29, 1.82) is 0 Å². The minimum Gasteiger partial charge on any atom is -0.477 e. The van der Waals surface area contributed by atoms with Crippen molar-refractivity contribution in [2.45, 2.75) is 32.1 Å². The number of fused-ring (bicyclic) bond motifs is 2. The predicted octanol–water partition coefficient (Wildman–Crippen LogP) is 2.85. The fourth-order valence-corrected chi connectivity index (χ4v) is 3.43. The number of aromatic carboxylic acids is 1. The van der Waals surface area contributed by atoms with Gasteiger partial charge in [-0.1, -0.05) is 6.42 Å². The second kappa shape index (κ2) is 4.24. The largest absolute Gasteiger partial charge is 0.477 e. The van der Waals surface area contributed by atoms with E-state index in [1.54, 1.807) is 0 Å². The van der Waals surface area contributed by atoms with Crippen LogP contribution in [0.15, 0.2) is 6.07 Å². The molecule has 1 aliphatic carbocycles. The van der Waals surface area contributed by atoms with Crippen LogP contribution in [0.3, 0.4) is 0 Å². The predicted molar refractivity (Wildman–Crippen MR) is 72.3 cm³/mol. The molecular weight excluding hydrogens is 248 g/mol. The summed E-state index contributed by atoms with van der Waals surface area (Å²) in [6, 6.07) is 2.04. The van der Waals surface area contributed by atoms with Gasteiger partial charge < -0.3 is 10.8 Å². The van der Waals surface area contributed by atoms with Crippen molar-refractivity contribution in [2.24, 2.45) is 0 Å². The third-order valence-electron chi connectivity index (χ3n) is 3.44. The van der Waals surface area contributed by atoms with E-state index in [1.165, 1.54) is 29.7 Å². The number of hydrogen-bond acceptors (Lipinski definition) is 4. The van der Waals surface area contributed by atoms with Crippen molar-refractivity contribution < 1.29 is 9.90 Å². The molecule has 0 bridgehead atoms. The number of nitrogen functional groups attached to an aromatic ring is 1. The highest BCUT2D eigenvalue weighted by Gasteiger charge is 2.19. The lowest BCUT2D eigenvalue weighted by Gasteiger charge is -2.04. The summed E-state index contributed by atoms with van der Waals surface area (Å²) in [6.07, 6.45) is 5.59. The van der Waals surface area contributed by atoms with Crippen molar-refractivity contribution in [2.75, 3.05) is 5.73 Å². The Balaban J connectivity index is 2.22. The van der Waals surface area contributed by atoms with E-state index in [4.69, 9.17) is 10.8 Å². The summed E-state index contributed by atoms with van der Waals surface area (Å²) in [5, 5.41) is 9.88. The molecule has 18 heavy (non-hydrogen) atoms. The Hall–Kier alpha value is -1.62. The highest BCUT2D eigenvalue weighted by atomic mass is 32.1. The molecule has 0 saturated heterocycles. The number of anilines is 1. The van der Waals surface area contributed by atoms with Gasteiger partial charge in [0.05, 0.1) is 5.69 Å². The standard InChI is InChI=1S/C13H14N2O2S/c14-10-8-6-7-4-2-1-3-5-9(7)15-12(8)18-11(10)13(16)17/h6H,1-5,14H2,(H,16,17). The Labute approximate surface area is 108 Å². The van der Waals surface area contributed by atoms with Crippen molar-refractivity contribution in [3.8, 4) is 0 Å². The van der Waals surface area contributed by atoms with E-state index < -0.39 is 5.97 Å². The highest BCUT2D eigenvalue weighted by molar-refractivity contribution is 7.21.